The number of carbonyl (C=O) groups is 1. The first-order valence-corrected chi connectivity index (χ1v) is 8.95. The SMILES string of the molecule is Cc1cnc(CNC(=O)N2CCC[C@H]([C@@H](O)c3nccn3C)C2)s1. The number of thiazole rings is 1. The molecule has 0 aliphatic carbocycles. The van der Waals surface area contributed by atoms with Crippen LogP contribution in [0.1, 0.15) is 34.7 Å². The summed E-state index contributed by atoms with van der Waals surface area (Å²) in [6, 6.07) is -0.0976. The number of hydrogen-bond donors (Lipinski definition) is 2. The molecule has 0 bridgehead atoms. The zero-order valence-corrected chi connectivity index (χ0v) is 14.8. The van der Waals surface area contributed by atoms with Crippen LogP contribution in [-0.4, -0.2) is 43.7 Å². The highest BCUT2D eigenvalue weighted by Gasteiger charge is 2.31. The number of aliphatic hydroxyl groups is 1. The van der Waals surface area contributed by atoms with Crippen molar-refractivity contribution in [3.8, 4) is 0 Å². The van der Waals surface area contributed by atoms with Gasteiger partial charge in [0.1, 0.15) is 16.9 Å². The summed E-state index contributed by atoms with van der Waals surface area (Å²) in [4.78, 5) is 23.8. The Hall–Kier alpha value is -1.93. The average Bonchev–Trinajstić information content (AvgIpc) is 3.20. The van der Waals surface area contributed by atoms with Gasteiger partial charge in [0.2, 0.25) is 0 Å². The van der Waals surface area contributed by atoms with Crippen molar-refractivity contribution < 1.29 is 9.90 Å². The molecule has 0 unspecified atom stereocenters. The van der Waals surface area contributed by atoms with Crippen LogP contribution >= 0.6 is 11.3 Å². The monoisotopic (exact) mass is 349 g/mol. The van der Waals surface area contributed by atoms with E-state index < -0.39 is 6.10 Å². The summed E-state index contributed by atoms with van der Waals surface area (Å²) < 4.78 is 1.83. The van der Waals surface area contributed by atoms with Crippen molar-refractivity contribution in [3.05, 3.63) is 34.3 Å². The van der Waals surface area contributed by atoms with Gasteiger partial charge in [-0.05, 0) is 19.8 Å². The largest absolute Gasteiger partial charge is 0.385 e. The summed E-state index contributed by atoms with van der Waals surface area (Å²) in [5, 5.41) is 14.4. The summed E-state index contributed by atoms with van der Waals surface area (Å²) in [5.74, 6) is 0.660. The zero-order chi connectivity index (χ0) is 17.1. The van der Waals surface area contributed by atoms with Crippen LogP contribution in [0.3, 0.4) is 0 Å². The molecule has 130 valence electrons. The van der Waals surface area contributed by atoms with Gasteiger partial charge in [-0.25, -0.2) is 14.8 Å². The first kappa shape index (κ1) is 16.9. The Morgan fingerprint density at radius 2 is 2.38 bits per heavy atom. The topological polar surface area (TPSA) is 83.3 Å². The van der Waals surface area contributed by atoms with E-state index in [9.17, 15) is 9.90 Å². The molecule has 3 rings (SSSR count). The van der Waals surface area contributed by atoms with Crippen LogP contribution in [0, 0.1) is 12.8 Å². The Morgan fingerprint density at radius 1 is 1.54 bits per heavy atom. The van der Waals surface area contributed by atoms with Gasteiger partial charge in [0, 0.05) is 49.5 Å². The van der Waals surface area contributed by atoms with Crippen molar-refractivity contribution >= 4 is 17.4 Å². The number of hydrogen-bond acceptors (Lipinski definition) is 5. The molecule has 0 radical (unpaired) electrons. The van der Waals surface area contributed by atoms with E-state index in [0.29, 0.717) is 25.5 Å². The van der Waals surface area contributed by atoms with E-state index in [1.165, 1.54) is 0 Å². The van der Waals surface area contributed by atoms with Crippen molar-refractivity contribution in [3.63, 3.8) is 0 Å². The van der Waals surface area contributed by atoms with Crippen LogP contribution in [0.15, 0.2) is 18.6 Å². The summed E-state index contributed by atoms with van der Waals surface area (Å²) in [5.41, 5.74) is 0. The van der Waals surface area contributed by atoms with Crippen LogP contribution in [0.5, 0.6) is 0 Å². The number of carbonyl (C=O) groups excluding carboxylic acids is 1. The standard InChI is InChI=1S/C16H23N5O2S/c1-11-8-18-13(24-11)9-19-16(23)21-6-3-4-12(10-21)14(22)15-17-5-7-20(15)2/h5,7-8,12,14,22H,3-4,6,9-10H2,1-2H3,(H,19,23)/t12-,14+/m0/s1. The molecule has 3 heterocycles. The number of aliphatic hydroxyl groups excluding tert-OH is 1. The van der Waals surface area contributed by atoms with Crippen LogP contribution in [0.25, 0.3) is 0 Å². The van der Waals surface area contributed by atoms with Gasteiger partial charge in [-0.2, -0.15) is 0 Å². The minimum absolute atomic E-state index is 0.00714. The van der Waals surface area contributed by atoms with E-state index in [0.717, 1.165) is 22.7 Å². The Morgan fingerprint density at radius 3 is 3.04 bits per heavy atom. The molecular formula is C16H23N5O2S. The molecule has 1 aliphatic heterocycles. The van der Waals surface area contributed by atoms with Gasteiger partial charge in [0.05, 0.1) is 6.54 Å². The van der Waals surface area contributed by atoms with Gasteiger partial charge in [0.15, 0.2) is 0 Å². The highest BCUT2D eigenvalue weighted by molar-refractivity contribution is 7.11. The molecule has 0 saturated carbocycles. The lowest BCUT2D eigenvalue weighted by molar-refractivity contribution is 0.0532. The number of piperidine rings is 1. The Balaban J connectivity index is 1.56. The summed E-state index contributed by atoms with van der Waals surface area (Å²) in [7, 11) is 1.87. The lowest BCUT2D eigenvalue weighted by Crippen LogP contribution is -2.46. The van der Waals surface area contributed by atoms with E-state index >= 15 is 0 Å². The highest BCUT2D eigenvalue weighted by Crippen LogP contribution is 2.28. The molecule has 24 heavy (non-hydrogen) atoms. The Bertz CT molecular complexity index is 698. The van der Waals surface area contributed by atoms with Gasteiger partial charge in [0.25, 0.3) is 0 Å². The van der Waals surface area contributed by atoms with Crippen molar-refractivity contribution in [2.45, 2.75) is 32.4 Å². The predicted molar refractivity (Wildman–Crippen MR) is 91.6 cm³/mol. The van der Waals surface area contributed by atoms with E-state index in [4.69, 9.17) is 0 Å². The molecule has 1 aliphatic rings. The van der Waals surface area contributed by atoms with Crippen molar-refractivity contribution in [1.29, 1.82) is 0 Å². The lowest BCUT2D eigenvalue weighted by Gasteiger charge is -2.34. The average molecular weight is 349 g/mol. The maximum atomic E-state index is 12.4. The lowest BCUT2D eigenvalue weighted by atomic mass is 9.92. The molecule has 8 heteroatoms. The molecule has 2 N–H and O–H groups in total. The maximum absolute atomic E-state index is 12.4. The minimum atomic E-state index is -0.651. The molecule has 2 amide bonds. The highest BCUT2D eigenvalue weighted by atomic mass is 32.1. The number of urea groups is 1. The molecule has 0 spiro atoms. The number of imidazole rings is 1. The maximum Gasteiger partial charge on any atom is 0.317 e. The minimum Gasteiger partial charge on any atom is -0.385 e. The Kier molecular flexibility index (Phi) is 5.15. The molecule has 2 aromatic rings. The Labute approximate surface area is 145 Å². The van der Waals surface area contributed by atoms with Gasteiger partial charge in [-0.15, -0.1) is 11.3 Å². The summed E-state index contributed by atoms with van der Waals surface area (Å²) >= 11 is 1.59. The normalized spacial score (nSPS) is 19.3. The third-order valence-corrected chi connectivity index (χ3v) is 5.29. The smallest absolute Gasteiger partial charge is 0.317 e. The molecule has 1 saturated heterocycles. The van der Waals surface area contributed by atoms with Crippen LogP contribution in [-0.2, 0) is 13.6 Å². The van der Waals surface area contributed by atoms with E-state index in [1.807, 2.05) is 30.9 Å². The number of aryl methyl sites for hydroxylation is 2. The predicted octanol–water partition coefficient (Wildman–Crippen LogP) is 1.84. The van der Waals surface area contributed by atoms with E-state index in [2.05, 4.69) is 15.3 Å². The van der Waals surface area contributed by atoms with Gasteiger partial charge >= 0.3 is 6.03 Å². The second-order valence-corrected chi connectivity index (χ2v) is 7.53. The molecule has 2 atom stereocenters. The van der Waals surface area contributed by atoms with Crippen molar-refractivity contribution in [2.24, 2.45) is 13.0 Å². The van der Waals surface area contributed by atoms with Crippen molar-refractivity contribution in [2.75, 3.05) is 13.1 Å². The summed E-state index contributed by atoms with van der Waals surface area (Å²) in [6.07, 6.45) is 6.44. The second kappa shape index (κ2) is 7.31. The molecule has 2 aromatic heterocycles. The van der Waals surface area contributed by atoms with Gasteiger partial charge in [-0.1, -0.05) is 0 Å². The fraction of sp³-hybridized carbons (Fsp3) is 0.562. The number of nitrogens with zero attached hydrogens (tertiary/aromatic N) is 4. The third kappa shape index (κ3) is 3.76. The second-order valence-electron chi connectivity index (χ2n) is 6.21. The number of aromatic nitrogens is 3. The molecule has 0 aromatic carbocycles. The first-order chi connectivity index (χ1) is 11.5. The third-order valence-electron chi connectivity index (χ3n) is 4.37. The van der Waals surface area contributed by atoms with E-state index in [1.54, 1.807) is 22.4 Å². The first-order valence-electron chi connectivity index (χ1n) is 8.14. The van der Waals surface area contributed by atoms with Crippen LogP contribution in [0.2, 0.25) is 0 Å². The quantitative estimate of drug-likeness (QED) is 0.882. The number of rotatable bonds is 4. The fourth-order valence-corrected chi connectivity index (χ4v) is 3.80. The molecule has 7 nitrogen and oxygen atoms in total. The number of amides is 2. The van der Waals surface area contributed by atoms with Gasteiger partial charge in [-0.3, -0.25) is 0 Å². The number of nitrogens with one attached hydrogen (secondary N) is 1. The fourth-order valence-electron chi connectivity index (χ4n) is 3.07. The number of likely N-dealkylation sites (tertiary alicyclic amines) is 1. The molecular weight excluding hydrogens is 326 g/mol. The van der Waals surface area contributed by atoms with Gasteiger partial charge < -0.3 is 19.9 Å². The molecule has 1 fully saturated rings. The van der Waals surface area contributed by atoms with E-state index in [-0.39, 0.29) is 11.9 Å². The zero-order valence-electron chi connectivity index (χ0n) is 14.0. The summed E-state index contributed by atoms with van der Waals surface area (Å²) in [6.45, 7) is 3.70. The van der Waals surface area contributed by atoms with Crippen molar-refractivity contribution in [1.82, 2.24) is 24.8 Å². The van der Waals surface area contributed by atoms with Crippen LogP contribution in [0.4, 0.5) is 4.79 Å². The van der Waals surface area contributed by atoms with Crippen LogP contribution < -0.4 is 5.32 Å².